The second-order valence-electron chi connectivity index (χ2n) is 35.5. The molecule has 0 spiro atoms. The third kappa shape index (κ3) is 17.5. The van der Waals surface area contributed by atoms with Crippen LogP contribution < -0.4 is 24.3 Å². The van der Waals surface area contributed by atoms with E-state index in [4.69, 9.17) is 4.98 Å². The molecule has 0 N–H and O–H groups in total. The first-order valence-electron chi connectivity index (χ1n) is 47.4. The number of fused-ring (bicyclic) bond motifs is 16. The van der Waals surface area contributed by atoms with Crippen LogP contribution in [0.15, 0.2) is 415 Å². The predicted molar refractivity (Wildman–Crippen MR) is 593 cm³/mol. The Bertz CT molecular complexity index is 9910. The van der Waals surface area contributed by atoms with Gasteiger partial charge in [0.2, 0.25) is 0 Å². The van der Waals surface area contributed by atoms with Gasteiger partial charge in [-0.1, -0.05) is 180 Å². The summed E-state index contributed by atoms with van der Waals surface area (Å²) in [7, 11) is 6.21. The zero-order valence-electron chi connectivity index (χ0n) is 79.3. The Morgan fingerprint density at radius 2 is 0.960 bits per heavy atom. The van der Waals surface area contributed by atoms with Gasteiger partial charge in [-0.25, -0.2) is 27.4 Å². The zero-order chi connectivity index (χ0) is 96.3. The van der Waals surface area contributed by atoms with Gasteiger partial charge in [-0.15, -0.1) is 219 Å². The van der Waals surface area contributed by atoms with Crippen molar-refractivity contribution in [3.8, 4) is 84.2 Å². The van der Waals surface area contributed by atoms with Crippen LogP contribution in [0, 0.1) is 72.8 Å². The van der Waals surface area contributed by atoms with Gasteiger partial charge in [0, 0.05) is 71.0 Å². The molecule has 0 saturated carbocycles. The van der Waals surface area contributed by atoms with Gasteiger partial charge in [0.15, 0.2) is 0 Å². The number of imidazole rings is 1. The Morgan fingerprint density at radius 3 is 1.71 bits per heavy atom. The van der Waals surface area contributed by atoms with E-state index in [9.17, 15) is 0 Å². The Labute approximate surface area is 938 Å². The SMILES string of the molecule is CN1c2ccc(-c3cn(C)c4c3[n-]c[n+]4C)[c-]c2N(c2[c-]c(-c3cccc4sc[c-]c34)ccc2)c2ccccc21.[Au+3].[Au+3].[Au+3].[Au].[c-]1c(-c2ccccn2)cccc1N1c2[c-]c(-n3ccc4ccc[c-]c43)ccc2Sc2ccccc21.[c-]1c(-n2ccc3ccc[c-]c32)cccc1-n1c2[c-]c(-n3ncc4ccccc43)ccc2c2ccccc21.[c-]1ccccc1-c1[c-]c2c(cc1)c1ccccc1n2-c1[c-]c(-c2csc3scnc23)ccc1. The molecule has 0 saturated heterocycles. The second-order valence-corrected chi connectivity index (χ2v) is 39.5. The normalized spacial score (nSPS) is 11.8. The van der Waals surface area contributed by atoms with E-state index in [-0.39, 0.29) is 89.5 Å². The van der Waals surface area contributed by atoms with Gasteiger partial charge < -0.3 is 47.1 Å². The van der Waals surface area contributed by atoms with Crippen LogP contribution in [0.25, 0.3) is 191 Å². The van der Waals surface area contributed by atoms with Crippen molar-refractivity contribution in [2.45, 2.75) is 9.79 Å². The molecule has 149 heavy (non-hydrogen) atoms. The Kier molecular flexibility index (Phi) is 27.0. The van der Waals surface area contributed by atoms with Gasteiger partial charge in [0.05, 0.1) is 55.7 Å². The topological polar surface area (TPSA) is 96.0 Å². The van der Waals surface area contributed by atoms with E-state index in [1.165, 1.54) is 29.8 Å². The average molecular weight is 2710 g/mol. The first-order chi connectivity index (χ1) is 71.6. The Morgan fingerprint density at radius 1 is 0.369 bits per heavy atom. The van der Waals surface area contributed by atoms with Crippen LogP contribution in [0.2, 0.25) is 0 Å². The fraction of sp³-hybridized carbons (Fsp3) is 0.0236. The van der Waals surface area contributed by atoms with Crippen molar-refractivity contribution in [3.63, 3.8) is 0 Å². The van der Waals surface area contributed by atoms with Crippen LogP contribution in [0.3, 0.4) is 0 Å². The number of aryl methyl sites for hydroxylation is 2. The van der Waals surface area contributed by atoms with Gasteiger partial charge in [0.25, 0.3) is 0 Å². The van der Waals surface area contributed by atoms with Crippen LogP contribution in [-0.2, 0) is 104 Å². The zero-order valence-corrected chi connectivity index (χ0v) is 91.2. The number of anilines is 8. The average Bonchev–Trinajstić information content (AvgIpc) is 1.69. The van der Waals surface area contributed by atoms with Gasteiger partial charge in [0.1, 0.15) is 5.65 Å². The second kappa shape index (κ2) is 41.3. The molecule has 0 atom stereocenters. The smallest absolute Gasteiger partial charge is 0.381 e. The summed E-state index contributed by atoms with van der Waals surface area (Å²) < 4.78 is 17.4. The van der Waals surface area contributed by atoms with Crippen LogP contribution in [0.4, 0.5) is 45.5 Å². The number of aromatic nitrogens is 11. The fourth-order valence-corrected chi connectivity index (χ4v) is 23.8. The minimum absolute atomic E-state index is 0. The minimum Gasteiger partial charge on any atom is -0.381 e. The van der Waals surface area contributed by atoms with Crippen molar-refractivity contribution in [1.29, 1.82) is 0 Å². The number of para-hydroxylation sites is 8. The molecule has 0 fully saturated rings. The van der Waals surface area contributed by atoms with Crippen molar-refractivity contribution < 1.29 is 94.1 Å². The number of benzene rings is 17. The van der Waals surface area contributed by atoms with Crippen molar-refractivity contribution in [1.82, 2.24) is 47.6 Å². The van der Waals surface area contributed by atoms with Crippen LogP contribution in [0.1, 0.15) is 0 Å². The molecule has 22 heteroatoms. The molecule has 0 aliphatic carbocycles. The molecule has 17 aromatic carbocycles. The van der Waals surface area contributed by atoms with E-state index in [2.05, 4.69) is 447 Å². The number of nitrogens with zero attached hydrogens (tertiary/aromatic N) is 14. The van der Waals surface area contributed by atoms with Crippen molar-refractivity contribution in [2.75, 3.05) is 21.7 Å². The van der Waals surface area contributed by atoms with E-state index in [0.717, 1.165) is 217 Å². The van der Waals surface area contributed by atoms with Gasteiger partial charge in [-0.3, -0.25) is 9.67 Å². The summed E-state index contributed by atoms with van der Waals surface area (Å²) in [6.45, 7) is 0. The quantitative estimate of drug-likeness (QED) is 0.0678. The number of hydrogen-bond donors (Lipinski definition) is 0. The maximum atomic E-state index is 4.71. The maximum absolute atomic E-state index is 4.71. The third-order valence-electron chi connectivity index (χ3n) is 27.0. The van der Waals surface area contributed by atoms with E-state index < -0.39 is 0 Å². The van der Waals surface area contributed by atoms with Crippen LogP contribution in [0.5, 0.6) is 0 Å². The maximum Gasteiger partial charge on any atom is 3.00 e. The number of hydrogen-bond acceptors (Lipinski definition) is 10. The molecular formula is C127H76Au4N14S4-3. The molecule has 2 aliphatic rings. The predicted octanol–water partition coefficient (Wildman–Crippen LogP) is 31.1. The molecular weight excluding hydrogens is 2640 g/mol. The minimum atomic E-state index is 0. The monoisotopic (exact) mass is 2710 g/mol. The van der Waals surface area contributed by atoms with Crippen molar-refractivity contribution in [3.05, 3.63) is 478 Å². The molecule has 1 radical (unpaired) electrons. The van der Waals surface area contributed by atoms with Gasteiger partial charge in [-0.2, -0.15) is 137 Å². The van der Waals surface area contributed by atoms with Crippen LogP contribution >= 0.6 is 45.8 Å². The molecule has 0 unspecified atom stereocenters. The van der Waals surface area contributed by atoms with Gasteiger partial charge in [-0.05, 0) is 129 Å². The van der Waals surface area contributed by atoms with Crippen molar-refractivity contribution >= 4 is 198 Å². The molecule has 0 amide bonds. The number of pyridine rings is 1. The van der Waals surface area contributed by atoms with E-state index in [1.54, 1.807) is 45.8 Å². The standard InChI is InChI=1S/C34H24N5S.C33H19N4.C31H18N3S.C29H15N2S2.4Au/c1-36-20-27(33-34(36)37(2)21-35-33)23-14-15-29-31(19-23)39(30-12-5-4-11-28(30)38(29)3)24-9-6-8-22(18-24)25-10-7-13-32-26(25)16-17-40-32;1-4-13-30-23(8-1)18-19-35(30)25-10-7-11-26(20-25)36-32-15-6-3-12-28(32)29-17-16-27(21-33(29)36)37-31-14-5-2-9-24(31)22-34-37;1-2-12-27-22(8-1)17-19-33(27)24-15-16-31-29(21-24)34(28-13-3-4-14-30(28)35-31)25-10-7-9-23(20-25)26-11-5-6-18-32-26;1-2-7-19(8-3-1)20-13-14-24-23-11-4-5-12-26(23)31(27(24)16-20)22-10-6-9-21(15-22)25-17-32-29-28(25)30-18-33-29;;;;/h4-15,17,20-21H,1-3H3;1-12,14-19,22H;1-11,13-19H;1-7,9-14,17-18H;;;;/q4*-3;;3*+3. The van der Waals surface area contributed by atoms with E-state index >= 15 is 0 Å². The summed E-state index contributed by atoms with van der Waals surface area (Å²) in [4.78, 5) is 23.0. The summed E-state index contributed by atoms with van der Waals surface area (Å²) in [5.74, 6) is 0. The largest absolute Gasteiger partial charge is 3.00 e. The summed E-state index contributed by atoms with van der Waals surface area (Å²) >= 11 is 6.92. The van der Waals surface area contributed by atoms with Crippen molar-refractivity contribution in [2.24, 2.45) is 14.1 Å². The number of thiazole rings is 1. The van der Waals surface area contributed by atoms with Gasteiger partial charge >= 0.3 is 67.1 Å². The molecule has 30 rings (SSSR count). The Hall–Kier alpha value is -14.9. The summed E-state index contributed by atoms with van der Waals surface area (Å²) in [6, 6.07) is 165. The third-order valence-corrected chi connectivity index (χ3v) is 30.9. The molecule has 0 bridgehead atoms. The van der Waals surface area contributed by atoms with Crippen LogP contribution in [-0.4, -0.2) is 49.6 Å². The first-order valence-corrected chi connectivity index (χ1v) is 50.9. The number of rotatable bonds is 12. The molecule has 2 aliphatic heterocycles. The molecule has 11 aromatic heterocycles. The first kappa shape index (κ1) is 97.4. The summed E-state index contributed by atoms with van der Waals surface area (Å²) in [5, 5.41) is 18.2. The van der Waals surface area contributed by atoms with E-state index in [0.29, 0.717) is 0 Å². The van der Waals surface area contributed by atoms with E-state index in [1.807, 2.05) is 114 Å². The fourth-order valence-electron chi connectivity index (χ4n) is 20.3. The molecule has 13 heterocycles. The molecule has 14 nitrogen and oxygen atoms in total. The molecule has 725 valence electrons. The Balaban J connectivity index is 0.000000108. The number of thiophene rings is 2. The summed E-state index contributed by atoms with van der Waals surface area (Å²) in [5.41, 5.74) is 36.1. The molecule has 28 aromatic rings. The summed E-state index contributed by atoms with van der Waals surface area (Å²) in [6.07, 6.45) is 11.9.